The van der Waals surface area contributed by atoms with Crippen molar-refractivity contribution in [2.75, 3.05) is 5.32 Å². The number of phenols is 1. The topological polar surface area (TPSA) is 49.3 Å². The molecular weight excluding hydrogens is 313 g/mol. The molecule has 0 atom stereocenters. The largest absolute Gasteiger partial charge is 0.507 e. The molecule has 0 saturated carbocycles. The van der Waals surface area contributed by atoms with Gasteiger partial charge in [-0.2, -0.15) is 0 Å². The average Bonchev–Trinajstić information content (AvgIpc) is 2.39. The van der Waals surface area contributed by atoms with Gasteiger partial charge in [-0.1, -0.05) is 34.1 Å². The van der Waals surface area contributed by atoms with Gasteiger partial charge in [-0.15, -0.1) is 0 Å². The fourth-order valence-corrected chi connectivity index (χ4v) is 1.98. The summed E-state index contributed by atoms with van der Waals surface area (Å²) >= 11 is 3.32. The van der Waals surface area contributed by atoms with Crippen molar-refractivity contribution in [1.29, 1.82) is 0 Å². The van der Waals surface area contributed by atoms with E-state index in [9.17, 15) is 14.3 Å². The number of amides is 1. The molecule has 0 saturated heterocycles. The number of alkyl halides is 1. The lowest BCUT2D eigenvalue weighted by Crippen LogP contribution is -2.13. The van der Waals surface area contributed by atoms with Gasteiger partial charge in [0.25, 0.3) is 5.91 Å². The smallest absolute Gasteiger partial charge is 0.262 e. The van der Waals surface area contributed by atoms with E-state index in [-0.39, 0.29) is 11.3 Å². The van der Waals surface area contributed by atoms with Crippen LogP contribution in [0, 0.1) is 5.82 Å². The molecule has 0 radical (unpaired) electrons. The van der Waals surface area contributed by atoms with Crippen molar-refractivity contribution in [3.63, 3.8) is 0 Å². The van der Waals surface area contributed by atoms with Crippen molar-refractivity contribution in [2.24, 2.45) is 0 Å². The minimum absolute atomic E-state index is 0.355. The SMILES string of the molecule is O=C(Nc1ccc(CBr)cc1)c1c(O)cccc1F. The number of anilines is 1. The minimum atomic E-state index is -0.755. The molecule has 0 spiro atoms. The number of benzene rings is 2. The van der Waals surface area contributed by atoms with Gasteiger partial charge in [-0.25, -0.2) is 4.39 Å². The first kappa shape index (κ1) is 13.5. The quantitative estimate of drug-likeness (QED) is 0.846. The summed E-state index contributed by atoms with van der Waals surface area (Å²) in [4.78, 5) is 11.9. The Morgan fingerprint density at radius 3 is 2.47 bits per heavy atom. The van der Waals surface area contributed by atoms with E-state index in [1.165, 1.54) is 12.1 Å². The monoisotopic (exact) mass is 323 g/mol. The Bertz CT molecular complexity index is 579. The average molecular weight is 324 g/mol. The van der Waals surface area contributed by atoms with E-state index in [0.29, 0.717) is 5.69 Å². The van der Waals surface area contributed by atoms with Gasteiger partial charge in [0.1, 0.15) is 17.1 Å². The number of carbonyl (C=O) groups excluding carboxylic acids is 1. The molecule has 1 amide bonds. The van der Waals surface area contributed by atoms with Crippen LogP contribution in [0.25, 0.3) is 0 Å². The lowest BCUT2D eigenvalue weighted by molar-refractivity contribution is 0.102. The lowest BCUT2D eigenvalue weighted by Gasteiger charge is -2.08. The maximum absolute atomic E-state index is 13.5. The number of aromatic hydroxyl groups is 1. The summed E-state index contributed by atoms with van der Waals surface area (Å²) in [5.41, 5.74) is 1.25. The Kier molecular flexibility index (Phi) is 4.16. The van der Waals surface area contributed by atoms with E-state index >= 15 is 0 Å². The molecule has 0 aliphatic heterocycles. The fraction of sp³-hybridized carbons (Fsp3) is 0.0714. The predicted molar refractivity (Wildman–Crippen MR) is 75.1 cm³/mol. The van der Waals surface area contributed by atoms with Crippen LogP contribution >= 0.6 is 15.9 Å². The lowest BCUT2D eigenvalue weighted by atomic mass is 10.1. The highest BCUT2D eigenvalue weighted by molar-refractivity contribution is 9.08. The van der Waals surface area contributed by atoms with E-state index in [1.54, 1.807) is 12.1 Å². The third kappa shape index (κ3) is 3.12. The molecule has 0 bridgehead atoms. The molecule has 0 heterocycles. The Morgan fingerprint density at radius 1 is 1.21 bits per heavy atom. The second-order valence-electron chi connectivity index (χ2n) is 3.92. The van der Waals surface area contributed by atoms with Crippen LogP contribution in [-0.4, -0.2) is 11.0 Å². The number of phenolic OH excluding ortho intramolecular Hbond substituents is 1. The Hall–Kier alpha value is -1.88. The van der Waals surface area contributed by atoms with Crippen molar-refractivity contribution in [1.82, 2.24) is 0 Å². The number of rotatable bonds is 3. The zero-order valence-corrected chi connectivity index (χ0v) is 11.4. The van der Waals surface area contributed by atoms with Crippen LogP contribution in [0.15, 0.2) is 42.5 Å². The molecule has 2 aromatic carbocycles. The molecule has 2 rings (SSSR count). The van der Waals surface area contributed by atoms with Gasteiger partial charge >= 0.3 is 0 Å². The Labute approximate surface area is 118 Å². The molecule has 0 fully saturated rings. The molecule has 0 aromatic heterocycles. The van der Waals surface area contributed by atoms with Crippen molar-refractivity contribution < 1.29 is 14.3 Å². The molecule has 98 valence electrons. The van der Waals surface area contributed by atoms with E-state index in [1.807, 2.05) is 12.1 Å². The summed E-state index contributed by atoms with van der Waals surface area (Å²) < 4.78 is 13.5. The Morgan fingerprint density at radius 2 is 1.89 bits per heavy atom. The highest BCUT2D eigenvalue weighted by Gasteiger charge is 2.16. The van der Waals surface area contributed by atoms with E-state index in [0.717, 1.165) is 17.0 Å². The molecule has 0 aliphatic rings. The van der Waals surface area contributed by atoms with Gasteiger partial charge < -0.3 is 10.4 Å². The maximum Gasteiger partial charge on any atom is 0.262 e. The van der Waals surface area contributed by atoms with Crippen molar-refractivity contribution in [3.8, 4) is 5.75 Å². The van der Waals surface area contributed by atoms with E-state index in [2.05, 4.69) is 21.2 Å². The first-order chi connectivity index (χ1) is 9.11. The maximum atomic E-state index is 13.5. The van der Waals surface area contributed by atoms with Crippen LogP contribution < -0.4 is 5.32 Å². The van der Waals surface area contributed by atoms with Crippen molar-refractivity contribution in [3.05, 3.63) is 59.4 Å². The summed E-state index contributed by atoms with van der Waals surface area (Å²) in [6.45, 7) is 0. The summed E-state index contributed by atoms with van der Waals surface area (Å²) in [6, 6.07) is 10.8. The molecule has 0 aliphatic carbocycles. The highest BCUT2D eigenvalue weighted by Crippen LogP contribution is 2.21. The van der Waals surface area contributed by atoms with Gasteiger partial charge in [0.2, 0.25) is 0 Å². The highest BCUT2D eigenvalue weighted by atomic mass is 79.9. The molecular formula is C14H11BrFNO2. The normalized spacial score (nSPS) is 10.2. The van der Waals surface area contributed by atoms with Crippen molar-refractivity contribution in [2.45, 2.75) is 5.33 Å². The molecule has 5 heteroatoms. The molecule has 19 heavy (non-hydrogen) atoms. The van der Waals surface area contributed by atoms with Gasteiger partial charge in [0, 0.05) is 11.0 Å². The third-order valence-corrected chi connectivity index (χ3v) is 3.23. The number of halogens is 2. The van der Waals surface area contributed by atoms with Crippen molar-refractivity contribution >= 4 is 27.5 Å². The molecule has 2 aromatic rings. The number of hydrogen-bond acceptors (Lipinski definition) is 2. The predicted octanol–water partition coefficient (Wildman–Crippen LogP) is 3.68. The second-order valence-corrected chi connectivity index (χ2v) is 4.48. The van der Waals surface area contributed by atoms with Crippen LogP contribution in [0.4, 0.5) is 10.1 Å². The summed E-state index contributed by atoms with van der Waals surface area (Å²) in [5.74, 6) is -1.81. The van der Waals surface area contributed by atoms with Crippen LogP contribution in [0.1, 0.15) is 15.9 Å². The van der Waals surface area contributed by atoms with Gasteiger partial charge in [0.05, 0.1) is 0 Å². The van der Waals surface area contributed by atoms with Crippen LogP contribution in [0.2, 0.25) is 0 Å². The van der Waals surface area contributed by atoms with Crippen LogP contribution in [0.3, 0.4) is 0 Å². The van der Waals surface area contributed by atoms with Gasteiger partial charge in [0.15, 0.2) is 0 Å². The number of hydrogen-bond donors (Lipinski definition) is 2. The van der Waals surface area contributed by atoms with E-state index < -0.39 is 11.7 Å². The molecule has 0 unspecified atom stereocenters. The third-order valence-electron chi connectivity index (χ3n) is 2.58. The standard InChI is InChI=1S/C14H11BrFNO2/c15-8-9-4-6-10(7-5-9)17-14(19)13-11(16)2-1-3-12(13)18/h1-7,18H,8H2,(H,17,19). The summed E-state index contributed by atoms with van der Waals surface area (Å²) in [5, 5.41) is 12.8. The first-order valence-electron chi connectivity index (χ1n) is 5.55. The zero-order chi connectivity index (χ0) is 13.8. The van der Waals surface area contributed by atoms with Crippen LogP contribution in [-0.2, 0) is 5.33 Å². The molecule has 2 N–H and O–H groups in total. The summed E-state index contributed by atoms with van der Waals surface area (Å²) in [7, 11) is 0. The van der Waals surface area contributed by atoms with Gasteiger partial charge in [-0.05, 0) is 29.8 Å². The fourth-order valence-electron chi connectivity index (χ4n) is 1.61. The second kappa shape index (κ2) is 5.84. The molecule has 3 nitrogen and oxygen atoms in total. The number of nitrogens with one attached hydrogen (secondary N) is 1. The van der Waals surface area contributed by atoms with Crippen LogP contribution in [0.5, 0.6) is 5.75 Å². The Balaban J connectivity index is 2.21. The summed E-state index contributed by atoms with van der Waals surface area (Å²) in [6.07, 6.45) is 0. The first-order valence-corrected chi connectivity index (χ1v) is 6.67. The minimum Gasteiger partial charge on any atom is -0.507 e. The van der Waals surface area contributed by atoms with E-state index in [4.69, 9.17) is 0 Å². The number of carbonyl (C=O) groups is 1. The van der Waals surface area contributed by atoms with Gasteiger partial charge in [-0.3, -0.25) is 4.79 Å². The zero-order valence-electron chi connectivity index (χ0n) is 9.86.